The van der Waals surface area contributed by atoms with Crippen molar-refractivity contribution in [1.82, 2.24) is 5.32 Å². The van der Waals surface area contributed by atoms with Crippen molar-refractivity contribution in [3.8, 4) is 0 Å². The van der Waals surface area contributed by atoms with Crippen molar-refractivity contribution in [2.45, 2.75) is 12.5 Å². The van der Waals surface area contributed by atoms with Crippen LogP contribution in [0.2, 0.25) is 0 Å². The molecule has 1 aromatic carbocycles. The van der Waals surface area contributed by atoms with Crippen LogP contribution in [0, 0.1) is 0 Å². The molecule has 1 heterocycles. The average Bonchev–Trinajstić information content (AvgIpc) is 2.87. The first-order valence-electron chi connectivity index (χ1n) is 6.58. The van der Waals surface area contributed by atoms with Gasteiger partial charge in [-0.05, 0) is 34.4 Å². The number of rotatable bonds is 2. The molecule has 3 nitrogen and oxygen atoms in total. The third kappa shape index (κ3) is 2.58. The maximum atomic E-state index is 12.1. The largest absolute Gasteiger partial charge is 0.379 e. The van der Waals surface area contributed by atoms with Crippen molar-refractivity contribution >= 4 is 21.8 Å². The molecule has 1 aromatic rings. The lowest BCUT2D eigenvalue weighted by atomic mass is 10.2. The molecule has 1 fully saturated rings. The van der Waals surface area contributed by atoms with Crippen LogP contribution in [0.5, 0.6) is 0 Å². The number of hydrogen-bond donors (Lipinski definition) is 1. The van der Waals surface area contributed by atoms with E-state index in [1.165, 1.54) is 0 Å². The van der Waals surface area contributed by atoms with Gasteiger partial charge in [-0.15, -0.1) is 0 Å². The van der Waals surface area contributed by atoms with E-state index in [0.717, 1.165) is 0 Å². The Bertz CT molecular complexity index is 503. The summed E-state index contributed by atoms with van der Waals surface area (Å²) in [4.78, 5) is 12.1. The highest BCUT2D eigenvalue weighted by atomic mass is 79.9. The fraction of sp³-hybridized carbons (Fsp3) is 0.364. The Hall–Kier alpha value is -0.870. The van der Waals surface area contributed by atoms with Crippen LogP contribution >= 0.6 is 15.9 Å². The van der Waals surface area contributed by atoms with Gasteiger partial charge < -0.3 is 10.1 Å². The fourth-order valence-corrected chi connectivity index (χ4v) is 1.74. The molecule has 1 atom stereocenters. The molecule has 1 aliphatic heterocycles. The van der Waals surface area contributed by atoms with Crippen molar-refractivity contribution in [1.29, 1.82) is 0 Å². The third-order valence-electron chi connectivity index (χ3n) is 2.13. The number of carbonyl (C=O) groups is 1. The molecule has 15 heavy (non-hydrogen) atoms. The standard InChI is InChI=1S/C11H12BrNO2/c12-10-4-2-1-3-9(10)11(14)13-8-5-6-15-7-8/h1-4,8H,5-7H2,(H,13,14)/i1D,2D,3D,4D. The summed E-state index contributed by atoms with van der Waals surface area (Å²) < 4.78 is 35.7. The van der Waals surface area contributed by atoms with Gasteiger partial charge in [-0.2, -0.15) is 0 Å². The summed E-state index contributed by atoms with van der Waals surface area (Å²) in [6, 6.07) is -1.49. The first kappa shape index (κ1) is 6.66. The van der Waals surface area contributed by atoms with Crippen LogP contribution in [0.1, 0.15) is 22.3 Å². The molecular formula is C11H12BrNO2. The van der Waals surface area contributed by atoms with Gasteiger partial charge in [0.25, 0.3) is 5.91 Å². The minimum absolute atomic E-state index is 0.0714. The number of hydrogen-bond acceptors (Lipinski definition) is 2. The van der Waals surface area contributed by atoms with Gasteiger partial charge in [0.1, 0.15) is 0 Å². The van der Waals surface area contributed by atoms with Crippen LogP contribution in [0.15, 0.2) is 28.6 Å². The second kappa shape index (κ2) is 4.77. The molecule has 1 amide bonds. The highest BCUT2D eigenvalue weighted by molar-refractivity contribution is 9.10. The van der Waals surface area contributed by atoms with Gasteiger partial charge in [0.2, 0.25) is 0 Å². The summed E-state index contributed by atoms with van der Waals surface area (Å²) in [7, 11) is 0. The maximum absolute atomic E-state index is 12.1. The van der Waals surface area contributed by atoms with Crippen LogP contribution in [0.3, 0.4) is 0 Å². The maximum Gasteiger partial charge on any atom is 0.252 e. The van der Waals surface area contributed by atoms with E-state index in [4.69, 9.17) is 10.2 Å². The molecule has 0 radical (unpaired) electrons. The SMILES string of the molecule is [2H]c1c([2H])c([2H])c(C(=O)NC2CCOC2)c(Br)c1[2H]. The molecule has 2 rings (SSSR count). The summed E-state index contributed by atoms with van der Waals surface area (Å²) in [5.41, 5.74) is -0.0714. The average molecular weight is 274 g/mol. The van der Waals surface area contributed by atoms with Crippen molar-refractivity contribution in [3.63, 3.8) is 0 Å². The zero-order valence-electron chi connectivity index (χ0n) is 11.9. The molecule has 0 spiro atoms. The Labute approximate surface area is 103 Å². The monoisotopic (exact) mass is 273 g/mol. The van der Waals surface area contributed by atoms with Crippen molar-refractivity contribution in [2.24, 2.45) is 0 Å². The Kier molecular flexibility index (Phi) is 2.12. The second-order valence-electron chi connectivity index (χ2n) is 3.22. The number of halogens is 1. The lowest BCUT2D eigenvalue weighted by Crippen LogP contribution is -2.35. The zero-order chi connectivity index (χ0) is 14.2. The zero-order valence-corrected chi connectivity index (χ0v) is 9.48. The van der Waals surface area contributed by atoms with Gasteiger partial charge in [-0.3, -0.25) is 4.79 Å². The smallest absolute Gasteiger partial charge is 0.252 e. The first-order chi connectivity index (χ1) is 8.93. The Morgan fingerprint density at radius 1 is 1.60 bits per heavy atom. The molecule has 0 bridgehead atoms. The Morgan fingerprint density at radius 3 is 3.13 bits per heavy atom. The molecule has 0 aliphatic carbocycles. The highest BCUT2D eigenvalue weighted by Gasteiger charge is 2.19. The lowest BCUT2D eigenvalue weighted by Gasteiger charge is -2.11. The number of ether oxygens (including phenoxy) is 1. The third-order valence-corrected chi connectivity index (χ3v) is 2.73. The van der Waals surface area contributed by atoms with E-state index in [1.807, 2.05) is 0 Å². The van der Waals surface area contributed by atoms with Gasteiger partial charge >= 0.3 is 0 Å². The number of nitrogens with one attached hydrogen (secondary N) is 1. The summed E-state index contributed by atoms with van der Waals surface area (Å²) >= 11 is 3.06. The highest BCUT2D eigenvalue weighted by Crippen LogP contribution is 2.16. The van der Waals surface area contributed by atoms with Crippen molar-refractivity contribution in [3.05, 3.63) is 34.2 Å². The van der Waals surface area contributed by atoms with E-state index < -0.39 is 11.9 Å². The molecule has 0 aromatic heterocycles. The number of amides is 1. The van der Waals surface area contributed by atoms with Gasteiger partial charge in [0, 0.05) is 11.1 Å². The normalized spacial score (nSPS) is 23.9. The molecule has 4 heteroatoms. The van der Waals surface area contributed by atoms with E-state index in [2.05, 4.69) is 21.2 Å². The van der Waals surface area contributed by atoms with E-state index in [0.29, 0.717) is 19.6 Å². The fourth-order valence-electron chi connectivity index (χ4n) is 1.36. The van der Waals surface area contributed by atoms with Crippen LogP contribution in [-0.2, 0) is 4.74 Å². The molecule has 1 N–H and O–H groups in total. The molecule has 1 saturated heterocycles. The van der Waals surface area contributed by atoms with E-state index in [9.17, 15) is 4.79 Å². The van der Waals surface area contributed by atoms with E-state index in [-0.39, 0.29) is 34.2 Å². The minimum Gasteiger partial charge on any atom is -0.379 e. The van der Waals surface area contributed by atoms with Gasteiger partial charge in [0.05, 0.1) is 23.7 Å². The molecule has 1 aliphatic rings. The Morgan fingerprint density at radius 2 is 2.40 bits per heavy atom. The summed E-state index contributed by atoms with van der Waals surface area (Å²) in [5, 5.41) is 2.71. The summed E-state index contributed by atoms with van der Waals surface area (Å²) in [6.07, 6.45) is 0.703. The predicted octanol–water partition coefficient (Wildman–Crippen LogP) is 1.97. The first-order valence-corrected chi connectivity index (χ1v) is 5.37. The van der Waals surface area contributed by atoms with Crippen LogP contribution in [0.25, 0.3) is 0 Å². The number of benzene rings is 1. The molecule has 0 saturated carbocycles. The minimum atomic E-state index is -0.519. The number of carbonyl (C=O) groups excluding carboxylic acids is 1. The van der Waals surface area contributed by atoms with Crippen molar-refractivity contribution < 1.29 is 15.0 Å². The quantitative estimate of drug-likeness (QED) is 0.895. The van der Waals surface area contributed by atoms with Crippen LogP contribution in [-0.4, -0.2) is 25.2 Å². The summed E-state index contributed by atoms with van der Waals surface area (Å²) in [5.74, 6) is -0.519. The van der Waals surface area contributed by atoms with Crippen LogP contribution < -0.4 is 5.32 Å². The molecule has 1 unspecified atom stereocenters. The van der Waals surface area contributed by atoms with Gasteiger partial charge in [-0.1, -0.05) is 12.1 Å². The van der Waals surface area contributed by atoms with Gasteiger partial charge in [-0.25, -0.2) is 0 Å². The lowest BCUT2D eigenvalue weighted by molar-refractivity contribution is 0.0929. The van der Waals surface area contributed by atoms with E-state index >= 15 is 0 Å². The Balaban J connectivity index is 2.36. The second-order valence-corrected chi connectivity index (χ2v) is 4.02. The van der Waals surface area contributed by atoms with Gasteiger partial charge in [0.15, 0.2) is 0 Å². The van der Waals surface area contributed by atoms with Crippen molar-refractivity contribution in [2.75, 3.05) is 13.2 Å². The van der Waals surface area contributed by atoms with Crippen LogP contribution in [0.4, 0.5) is 0 Å². The summed E-state index contributed by atoms with van der Waals surface area (Å²) in [6.45, 7) is 1.01. The van der Waals surface area contributed by atoms with E-state index in [1.54, 1.807) is 0 Å². The molecular weight excluding hydrogens is 258 g/mol. The molecule has 80 valence electrons. The predicted molar refractivity (Wildman–Crippen MR) is 60.8 cm³/mol. The topological polar surface area (TPSA) is 38.3 Å².